The Balaban J connectivity index is 2.04. The fourth-order valence-electron chi connectivity index (χ4n) is 2.28. The van der Waals surface area contributed by atoms with E-state index in [0.717, 1.165) is 6.07 Å². The first kappa shape index (κ1) is 16.2. The number of halogens is 1. The van der Waals surface area contributed by atoms with Crippen LogP contribution in [0.3, 0.4) is 0 Å². The Morgan fingerprint density at radius 2 is 1.68 bits per heavy atom. The van der Waals surface area contributed by atoms with E-state index in [1.54, 1.807) is 12.1 Å². The monoisotopic (exact) mass is 341 g/mol. The summed E-state index contributed by atoms with van der Waals surface area (Å²) in [7, 11) is 0. The molecule has 7 nitrogen and oxygen atoms in total. The van der Waals surface area contributed by atoms with Gasteiger partial charge in [0, 0.05) is 5.39 Å². The van der Waals surface area contributed by atoms with Gasteiger partial charge in [-0.25, -0.2) is 9.18 Å². The van der Waals surface area contributed by atoms with Gasteiger partial charge in [-0.2, -0.15) is 0 Å². The van der Waals surface area contributed by atoms with E-state index >= 15 is 0 Å². The molecule has 0 atom stereocenters. The normalized spacial score (nSPS) is 10.4. The molecule has 1 aromatic heterocycles. The van der Waals surface area contributed by atoms with Crippen molar-refractivity contribution >= 4 is 28.3 Å². The molecule has 2 aromatic carbocycles. The van der Waals surface area contributed by atoms with Crippen LogP contribution in [0.25, 0.3) is 10.9 Å². The Morgan fingerprint density at radius 3 is 2.44 bits per heavy atom. The first-order valence-corrected chi connectivity index (χ1v) is 7.18. The largest absolute Gasteiger partial charge is 0.505 e. The SMILES string of the molecule is O=C(Nc1ccccc1F)Nc1c(O)c2ccccc2[nH]c(=O)c1=O. The van der Waals surface area contributed by atoms with Gasteiger partial charge in [0.15, 0.2) is 5.75 Å². The van der Waals surface area contributed by atoms with Crippen LogP contribution in [0.1, 0.15) is 0 Å². The average Bonchev–Trinajstić information content (AvgIpc) is 2.68. The van der Waals surface area contributed by atoms with E-state index in [-0.39, 0.29) is 16.6 Å². The summed E-state index contributed by atoms with van der Waals surface area (Å²) >= 11 is 0. The summed E-state index contributed by atoms with van der Waals surface area (Å²) in [6.07, 6.45) is 0. The minimum atomic E-state index is -1.13. The lowest BCUT2D eigenvalue weighted by molar-refractivity contribution is 0.262. The Kier molecular flexibility index (Phi) is 4.17. The van der Waals surface area contributed by atoms with Crippen LogP contribution in [0.5, 0.6) is 5.75 Å². The maximum Gasteiger partial charge on any atom is 0.323 e. The molecule has 3 rings (SSSR count). The van der Waals surface area contributed by atoms with Crippen molar-refractivity contribution in [1.82, 2.24) is 4.98 Å². The molecule has 0 aliphatic rings. The molecule has 0 fully saturated rings. The highest BCUT2D eigenvalue weighted by molar-refractivity contribution is 6.02. The number of fused-ring (bicyclic) bond motifs is 1. The van der Waals surface area contributed by atoms with Crippen LogP contribution in [0, 0.1) is 5.82 Å². The number of hydrogen-bond acceptors (Lipinski definition) is 4. The quantitative estimate of drug-likeness (QED) is 0.536. The molecule has 0 saturated carbocycles. The van der Waals surface area contributed by atoms with Crippen molar-refractivity contribution in [3.8, 4) is 5.75 Å². The van der Waals surface area contributed by atoms with Crippen molar-refractivity contribution in [3.05, 3.63) is 74.9 Å². The molecule has 0 bridgehead atoms. The van der Waals surface area contributed by atoms with Gasteiger partial charge >= 0.3 is 6.03 Å². The number of aromatic amines is 1. The molecule has 1 heterocycles. The topological polar surface area (TPSA) is 111 Å². The minimum absolute atomic E-state index is 0.119. The molecule has 8 heteroatoms. The molecule has 0 saturated heterocycles. The van der Waals surface area contributed by atoms with Crippen molar-refractivity contribution in [1.29, 1.82) is 0 Å². The van der Waals surface area contributed by atoms with Crippen LogP contribution in [0.2, 0.25) is 0 Å². The number of aromatic hydroxyl groups is 1. The molecular weight excluding hydrogens is 329 g/mol. The lowest BCUT2D eigenvalue weighted by Gasteiger charge is -2.08. The predicted molar refractivity (Wildman–Crippen MR) is 91.5 cm³/mol. The first-order chi connectivity index (χ1) is 12.0. The fraction of sp³-hybridized carbons (Fsp3) is 0. The van der Waals surface area contributed by atoms with Crippen LogP contribution in [0.15, 0.2) is 58.1 Å². The van der Waals surface area contributed by atoms with E-state index < -0.39 is 34.3 Å². The summed E-state index contributed by atoms with van der Waals surface area (Å²) in [5, 5.41) is 14.8. The number of H-pyrrole nitrogens is 1. The van der Waals surface area contributed by atoms with E-state index in [9.17, 15) is 23.9 Å². The second-order valence-electron chi connectivity index (χ2n) is 5.11. The summed E-state index contributed by atoms with van der Waals surface area (Å²) in [4.78, 5) is 38.4. The number of carbonyl (C=O) groups excluding carboxylic acids is 1. The van der Waals surface area contributed by atoms with Crippen LogP contribution in [0.4, 0.5) is 20.6 Å². The Bertz CT molecular complexity index is 1090. The van der Waals surface area contributed by atoms with Crippen molar-refractivity contribution in [2.45, 2.75) is 0 Å². The van der Waals surface area contributed by atoms with Gasteiger partial charge in [-0.05, 0) is 24.3 Å². The van der Waals surface area contributed by atoms with Gasteiger partial charge in [0.2, 0.25) is 0 Å². The van der Waals surface area contributed by atoms with E-state index in [1.807, 2.05) is 0 Å². The van der Waals surface area contributed by atoms with Crippen LogP contribution < -0.4 is 21.6 Å². The number of anilines is 2. The predicted octanol–water partition coefficient (Wildman–Crippen LogP) is 2.38. The highest BCUT2D eigenvalue weighted by Crippen LogP contribution is 2.26. The molecule has 2 amide bonds. The molecule has 0 radical (unpaired) electrons. The van der Waals surface area contributed by atoms with Gasteiger partial charge in [-0.1, -0.05) is 24.3 Å². The van der Waals surface area contributed by atoms with Crippen LogP contribution >= 0.6 is 0 Å². The first-order valence-electron chi connectivity index (χ1n) is 7.18. The number of benzene rings is 2. The molecule has 0 aliphatic heterocycles. The van der Waals surface area contributed by atoms with E-state index in [2.05, 4.69) is 15.6 Å². The number of nitrogens with one attached hydrogen (secondary N) is 3. The third-order valence-electron chi connectivity index (χ3n) is 3.46. The highest BCUT2D eigenvalue weighted by atomic mass is 19.1. The average molecular weight is 341 g/mol. The Morgan fingerprint density at radius 1 is 1.00 bits per heavy atom. The van der Waals surface area contributed by atoms with Crippen molar-refractivity contribution in [2.24, 2.45) is 0 Å². The number of carbonyl (C=O) groups is 1. The Labute approximate surface area is 139 Å². The highest BCUT2D eigenvalue weighted by Gasteiger charge is 2.15. The fourth-order valence-corrected chi connectivity index (χ4v) is 2.28. The van der Waals surface area contributed by atoms with Gasteiger partial charge in [0.25, 0.3) is 11.0 Å². The van der Waals surface area contributed by atoms with E-state index in [4.69, 9.17) is 0 Å². The number of amides is 2. The van der Waals surface area contributed by atoms with Gasteiger partial charge in [-0.15, -0.1) is 0 Å². The van der Waals surface area contributed by atoms with E-state index in [0.29, 0.717) is 0 Å². The molecule has 4 N–H and O–H groups in total. The second kappa shape index (κ2) is 6.44. The summed E-state index contributed by atoms with van der Waals surface area (Å²) in [6, 6.07) is 10.6. The maximum atomic E-state index is 13.6. The molecule has 3 aromatic rings. The minimum Gasteiger partial charge on any atom is -0.505 e. The van der Waals surface area contributed by atoms with Gasteiger partial charge in [0.1, 0.15) is 11.5 Å². The zero-order valence-corrected chi connectivity index (χ0v) is 12.7. The molecule has 0 unspecified atom stereocenters. The van der Waals surface area contributed by atoms with Gasteiger partial charge in [-0.3, -0.25) is 9.59 Å². The zero-order chi connectivity index (χ0) is 18.0. The number of para-hydroxylation sites is 2. The van der Waals surface area contributed by atoms with Crippen molar-refractivity contribution in [2.75, 3.05) is 10.6 Å². The lowest BCUT2D eigenvalue weighted by atomic mass is 10.2. The van der Waals surface area contributed by atoms with E-state index in [1.165, 1.54) is 30.3 Å². The van der Waals surface area contributed by atoms with Gasteiger partial charge < -0.3 is 20.7 Å². The van der Waals surface area contributed by atoms with Crippen LogP contribution in [-0.4, -0.2) is 16.1 Å². The summed E-state index contributed by atoms with van der Waals surface area (Å²) < 4.78 is 13.6. The summed E-state index contributed by atoms with van der Waals surface area (Å²) in [6.45, 7) is 0. The zero-order valence-electron chi connectivity index (χ0n) is 12.7. The molecule has 0 aliphatic carbocycles. The standard InChI is InChI=1S/C17H12FN3O4/c18-10-6-2-4-8-12(10)20-17(25)21-13-14(22)9-5-1-3-7-11(9)19-16(24)15(13)23/h1-8H,(H4,19,20,21,22,23,24,25). The van der Waals surface area contributed by atoms with Gasteiger partial charge in [0.05, 0.1) is 11.2 Å². The summed E-state index contributed by atoms with van der Waals surface area (Å²) in [5.41, 5.74) is -2.64. The third-order valence-corrected chi connectivity index (χ3v) is 3.46. The van der Waals surface area contributed by atoms with Crippen molar-refractivity contribution in [3.63, 3.8) is 0 Å². The molecule has 126 valence electrons. The molecular formula is C17H12FN3O4. The molecule has 25 heavy (non-hydrogen) atoms. The molecule has 0 spiro atoms. The maximum absolute atomic E-state index is 13.6. The Hall–Kier alpha value is -3.68. The van der Waals surface area contributed by atoms with Crippen molar-refractivity contribution < 1.29 is 14.3 Å². The number of rotatable bonds is 2. The smallest absolute Gasteiger partial charge is 0.323 e. The van der Waals surface area contributed by atoms with Crippen LogP contribution in [-0.2, 0) is 0 Å². The number of hydrogen-bond donors (Lipinski definition) is 4. The number of urea groups is 1. The summed E-state index contributed by atoms with van der Waals surface area (Å²) in [5.74, 6) is -1.24. The third kappa shape index (κ3) is 3.18. The lowest BCUT2D eigenvalue weighted by Crippen LogP contribution is -2.30. The number of aromatic nitrogens is 1. The second-order valence-corrected chi connectivity index (χ2v) is 5.11.